The summed E-state index contributed by atoms with van der Waals surface area (Å²) in [5, 5.41) is 3.61. The number of carbonyl (C=O) groups excluding carboxylic acids is 1. The maximum Gasteiger partial charge on any atom is 0.405 e. The summed E-state index contributed by atoms with van der Waals surface area (Å²) in [6.45, 7) is 3.03. The molecule has 0 aliphatic carbocycles. The first-order valence-corrected chi connectivity index (χ1v) is 9.57. The molecule has 1 fully saturated rings. The van der Waals surface area contributed by atoms with Gasteiger partial charge in [-0.25, -0.2) is 14.7 Å². The number of amides is 2. The molecule has 0 saturated carbocycles. The van der Waals surface area contributed by atoms with Crippen LogP contribution in [0.25, 0.3) is 11.4 Å². The van der Waals surface area contributed by atoms with Gasteiger partial charge in [0, 0.05) is 18.7 Å². The zero-order valence-corrected chi connectivity index (χ0v) is 16.9. The van der Waals surface area contributed by atoms with E-state index in [0.29, 0.717) is 5.56 Å². The molecule has 0 spiro atoms. The fourth-order valence-electron chi connectivity index (χ4n) is 3.15. The molecular formula is C19H22F4N4O4. The minimum absolute atomic E-state index is 0.0144. The summed E-state index contributed by atoms with van der Waals surface area (Å²) >= 11 is 0. The molecule has 0 radical (unpaired) electrons. The average molecular weight is 446 g/mol. The number of hydroxylamine groups is 1. The summed E-state index contributed by atoms with van der Waals surface area (Å²) in [4.78, 5) is 22.1. The van der Waals surface area contributed by atoms with Gasteiger partial charge in [-0.2, -0.15) is 18.2 Å². The summed E-state index contributed by atoms with van der Waals surface area (Å²) in [6.07, 6.45) is -5.22. The van der Waals surface area contributed by atoms with Crippen molar-refractivity contribution in [3.63, 3.8) is 0 Å². The van der Waals surface area contributed by atoms with Crippen molar-refractivity contribution in [3.8, 4) is 11.4 Å². The van der Waals surface area contributed by atoms with Gasteiger partial charge < -0.3 is 14.2 Å². The summed E-state index contributed by atoms with van der Waals surface area (Å²) in [5.41, 5.74) is -0.101. The number of likely N-dealkylation sites (tertiary alicyclic amines) is 1. The molecule has 31 heavy (non-hydrogen) atoms. The zero-order valence-electron chi connectivity index (χ0n) is 16.9. The Morgan fingerprint density at radius 2 is 2.00 bits per heavy atom. The second kappa shape index (κ2) is 9.18. The van der Waals surface area contributed by atoms with Crippen LogP contribution in [0.5, 0.6) is 0 Å². The number of halogens is 4. The highest BCUT2D eigenvalue weighted by atomic mass is 19.4. The summed E-state index contributed by atoms with van der Waals surface area (Å²) in [6, 6.07) is 4.13. The van der Waals surface area contributed by atoms with E-state index in [0.717, 1.165) is 17.0 Å². The van der Waals surface area contributed by atoms with Gasteiger partial charge in [-0.05, 0) is 44.5 Å². The van der Waals surface area contributed by atoms with E-state index in [9.17, 15) is 22.4 Å². The zero-order chi connectivity index (χ0) is 22.6. The van der Waals surface area contributed by atoms with E-state index in [1.807, 2.05) is 13.8 Å². The third-order valence-corrected chi connectivity index (χ3v) is 4.83. The van der Waals surface area contributed by atoms with Crippen molar-refractivity contribution in [1.29, 1.82) is 0 Å². The standard InChI is InChI=1S/C19H22F4N4O4/c1-12(2)29-9-10-30-26-17(28)27-8-7-18(11-27,19(21,22)23)16-24-15(25-31-16)13-3-5-14(20)6-4-13/h3-6,12H,7-11H2,1-2H3,(H,26,28). The molecule has 1 N–H and O–H groups in total. The van der Waals surface area contributed by atoms with Gasteiger partial charge in [0.15, 0.2) is 5.41 Å². The number of rotatable bonds is 7. The minimum atomic E-state index is -4.75. The van der Waals surface area contributed by atoms with E-state index in [2.05, 4.69) is 15.6 Å². The van der Waals surface area contributed by atoms with Crippen LogP contribution in [0, 0.1) is 5.82 Å². The summed E-state index contributed by atoms with van der Waals surface area (Å²) in [7, 11) is 0. The highest BCUT2D eigenvalue weighted by molar-refractivity contribution is 5.73. The maximum absolute atomic E-state index is 14.0. The monoisotopic (exact) mass is 446 g/mol. The number of urea groups is 1. The Bertz CT molecular complexity index is 888. The van der Waals surface area contributed by atoms with Crippen LogP contribution in [0.2, 0.25) is 0 Å². The van der Waals surface area contributed by atoms with Gasteiger partial charge in [0.05, 0.1) is 19.3 Å². The third kappa shape index (κ3) is 5.13. The Labute approximate surface area is 175 Å². The van der Waals surface area contributed by atoms with E-state index in [-0.39, 0.29) is 31.7 Å². The lowest BCUT2D eigenvalue weighted by Gasteiger charge is -2.27. The summed E-state index contributed by atoms with van der Waals surface area (Å²) in [5.74, 6) is -1.26. The van der Waals surface area contributed by atoms with Gasteiger partial charge in [-0.3, -0.25) is 4.84 Å². The number of nitrogens with one attached hydrogen (secondary N) is 1. The first kappa shape index (κ1) is 22.9. The van der Waals surface area contributed by atoms with Crippen LogP contribution >= 0.6 is 0 Å². The third-order valence-electron chi connectivity index (χ3n) is 4.83. The molecule has 1 saturated heterocycles. The number of carbonyl (C=O) groups is 1. The smallest absolute Gasteiger partial charge is 0.376 e. The Kier molecular flexibility index (Phi) is 6.80. The molecule has 0 bridgehead atoms. The number of alkyl halides is 3. The van der Waals surface area contributed by atoms with E-state index in [4.69, 9.17) is 14.1 Å². The molecule has 2 aromatic rings. The van der Waals surface area contributed by atoms with E-state index >= 15 is 0 Å². The normalized spacial score (nSPS) is 19.3. The topological polar surface area (TPSA) is 89.7 Å². The molecule has 1 unspecified atom stereocenters. The second-order valence-electron chi connectivity index (χ2n) is 7.36. The Balaban J connectivity index is 1.70. The second-order valence-corrected chi connectivity index (χ2v) is 7.36. The number of aromatic nitrogens is 2. The molecule has 170 valence electrons. The molecule has 1 aliphatic rings. The molecule has 2 amide bonds. The molecule has 12 heteroatoms. The van der Waals surface area contributed by atoms with E-state index in [1.165, 1.54) is 12.1 Å². The van der Waals surface area contributed by atoms with Crippen LogP contribution < -0.4 is 5.48 Å². The highest BCUT2D eigenvalue weighted by Gasteiger charge is 2.63. The average Bonchev–Trinajstić information content (AvgIpc) is 3.36. The Hall–Kier alpha value is -2.73. The molecule has 2 heterocycles. The minimum Gasteiger partial charge on any atom is -0.376 e. The van der Waals surface area contributed by atoms with Crippen LogP contribution in [0.4, 0.5) is 22.4 Å². The van der Waals surface area contributed by atoms with Gasteiger partial charge in [0.2, 0.25) is 11.7 Å². The first-order chi connectivity index (χ1) is 14.6. The lowest BCUT2D eigenvalue weighted by Crippen LogP contribution is -2.47. The van der Waals surface area contributed by atoms with Crippen LogP contribution in [0.15, 0.2) is 28.8 Å². The Morgan fingerprint density at radius 1 is 1.29 bits per heavy atom. The molecule has 1 atom stereocenters. The fraction of sp³-hybridized carbons (Fsp3) is 0.526. The molecule has 1 aromatic heterocycles. The SMILES string of the molecule is CC(C)OCCONC(=O)N1CCC(c2nc(-c3ccc(F)cc3)no2)(C(F)(F)F)C1. The lowest BCUT2D eigenvalue weighted by molar-refractivity contribution is -0.193. The van der Waals surface area contributed by atoms with Crippen LogP contribution in [-0.4, -0.2) is 59.7 Å². The lowest BCUT2D eigenvalue weighted by atomic mass is 9.86. The maximum atomic E-state index is 14.0. The van der Waals surface area contributed by atoms with Crippen LogP contribution in [0.1, 0.15) is 26.2 Å². The first-order valence-electron chi connectivity index (χ1n) is 9.57. The number of hydrogen-bond acceptors (Lipinski definition) is 6. The van der Waals surface area contributed by atoms with Gasteiger partial charge in [0.1, 0.15) is 5.82 Å². The summed E-state index contributed by atoms with van der Waals surface area (Å²) < 4.78 is 65.4. The van der Waals surface area contributed by atoms with Crippen molar-refractivity contribution < 1.29 is 36.5 Å². The fourth-order valence-corrected chi connectivity index (χ4v) is 3.15. The van der Waals surface area contributed by atoms with Crippen LogP contribution in [0.3, 0.4) is 0 Å². The highest BCUT2D eigenvalue weighted by Crippen LogP contribution is 2.47. The Morgan fingerprint density at radius 3 is 2.65 bits per heavy atom. The van der Waals surface area contributed by atoms with Gasteiger partial charge in [-0.15, -0.1) is 0 Å². The molecule has 1 aliphatic heterocycles. The van der Waals surface area contributed by atoms with Gasteiger partial charge in [0.25, 0.3) is 0 Å². The van der Waals surface area contributed by atoms with E-state index < -0.39 is 42.3 Å². The van der Waals surface area contributed by atoms with Crippen molar-refractivity contribution in [2.75, 3.05) is 26.3 Å². The van der Waals surface area contributed by atoms with Crippen molar-refractivity contribution in [3.05, 3.63) is 36.0 Å². The predicted octanol–water partition coefficient (Wildman–Crippen LogP) is 3.45. The number of benzene rings is 1. The van der Waals surface area contributed by atoms with Crippen LogP contribution in [-0.2, 0) is 15.0 Å². The number of ether oxygens (including phenoxy) is 1. The predicted molar refractivity (Wildman–Crippen MR) is 99.2 cm³/mol. The van der Waals surface area contributed by atoms with Gasteiger partial charge >= 0.3 is 12.2 Å². The number of hydrogen-bond donors (Lipinski definition) is 1. The number of nitrogens with zero attached hydrogens (tertiary/aromatic N) is 3. The van der Waals surface area contributed by atoms with Crippen molar-refractivity contribution in [1.82, 2.24) is 20.5 Å². The van der Waals surface area contributed by atoms with Gasteiger partial charge in [-0.1, -0.05) is 5.16 Å². The molecule has 8 nitrogen and oxygen atoms in total. The molecular weight excluding hydrogens is 424 g/mol. The quantitative estimate of drug-likeness (QED) is 0.398. The van der Waals surface area contributed by atoms with Crippen molar-refractivity contribution in [2.45, 2.75) is 38.0 Å². The molecule has 3 rings (SSSR count). The van der Waals surface area contributed by atoms with E-state index in [1.54, 1.807) is 0 Å². The van der Waals surface area contributed by atoms with Crippen molar-refractivity contribution >= 4 is 6.03 Å². The molecule has 1 aromatic carbocycles. The largest absolute Gasteiger partial charge is 0.405 e. The van der Waals surface area contributed by atoms with Crippen molar-refractivity contribution in [2.24, 2.45) is 0 Å².